The van der Waals surface area contributed by atoms with Crippen molar-refractivity contribution in [3.05, 3.63) is 35.4 Å². The summed E-state index contributed by atoms with van der Waals surface area (Å²) in [5.74, 6) is -1.38. The van der Waals surface area contributed by atoms with E-state index in [-0.39, 0.29) is 24.1 Å². The summed E-state index contributed by atoms with van der Waals surface area (Å²) in [5, 5.41) is 0. The van der Waals surface area contributed by atoms with Crippen LogP contribution >= 0.6 is 0 Å². The summed E-state index contributed by atoms with van der Waals surface area (Å²) >= 11 is 0. The van der Waals surface area contributed by atoms with Crippen LogP contribution < -0.4 is 0 Å². The Labute approximate surface area is 156 Å². The lowest BCUT2D eigenvalue weighted by Gasteiger charge is -2.32. The van der Waals surface area contributed by atoms with Gasteiger partial charge in [0.15, 0.2) is 0 Å². The minimum absolute atomic E-state index is 0.207. The minimum Gasteiger partial charge on any atom is -0.469 e. The number of hydrogen-bond donors (Lipinski definition) is 0. The third-order valence-electron chi connectivity index (χ3n) is 4.61. The highest BCUT2D eigenvalue weighted by atomic mass is 16.6. The first-order valence-electron chi connectivity index (χ1n) is 8.88. The Bertz CT molecular complexity index is 654. The molecule has 1 rings (SSSR count). The van der Waals surface area contributed by atoms with Crippen LogP contribution in [-0.4, -0.2) is 30.4 Å². The number of rotatable bonds is 7. The quantitative estimate of drug-likeness (QED) is 0.544. The molecule has 0 saturated heterocycles. The lowest BCUT2D eigenvalue weighted by atomic mass is 9.75. The molecule has 26 heavy (non-hydrogen) atoms. The van der Waals surface area contributed by atoms with E-state index in [4.69, 9.17) is 9.47 Å². The van der Waals surface area contributed by atoms with E-state index in [9.17, 15) is 14.4 Å². The molecule has 144 valence electrons. The van der Waals surface area contributed by atoms with E-state index in [0.717, 1.165) is 11.1 Å². The van der Waals surface area contributed by atoms with Gasteiger partial charge >= 0.3 is 11.9 Å². The van der Waals surface area contributed by atoms with Gasteiger partial charge in [-0.2, -0.15) is 0 Å². The second-order valence-electron chi connectivity index (χ2n) is 7.66. The monoisotopic (exact) mass is 362 g/mol. The highest BCUT2D eigenvalue weighted by molar-refractivity contribution is 6.03. The molecule has 0 aliphatic carbocycles. The van der Waals surface area contributed by atoms with E-state index in [2.05, 4.69) is 0 Å². The molecule has 0 aromatic heterocycles. The molecule has 1 aromatic rings. The first-order valence-corrected chi connectivity index (χ1v) is 8.88. The maximum absolute atomic E-state index is 12.8. The number of carbonyl (C=O) groups is 3. The average Bonchev–Trinajstić information content (AvgIpc) is 2.56. The van der Waals surface area contributed by atoms with Crippen LogP contribution in [0.5, 0.6) is 0 Å². The summed E-state index contributed by atoms with van der Waals surface area (Å²) in [6.07, 6.45) is 0.623. The SMILES string of the molecule is CCC(Cc1ccc(C(C)C(=O)OC)cc1)(C(C)=O)C(=O)OC(C)(C)C. The molecule has 5 heteroatoms. The number of hydrogen-bond acceptors (Lipinski definition) is 5. The van der Waals surface area contributed by atoms with Gasteiger partial charge in [-0.05, 0) is 58.6 Å². The summed E-state index contributed by atoms with van der Waals surface area (Å²) in [5.41, 5.74) is -0.202. The Morgan fingerprint density at radius 3 is 2.00 bits per heavy atom. The number of Topliss-reactive ketones (excluding diaryl/α,β-unsaturated/α-hetero) is 1. The zero-order valence-corrected chi connectivity index (χ0v) is 16.8. The van der Waals surface area contributed by atoms with Crippen molar-refractivity contribution >= 4 is 17.7 Å². The standard InChI is InChI=1S/C21H30O5/c1-8-21(15(3)22,19(24)26-20(4,5)6)13-16-9-11-17(12-10-16)14(2)18(23)25-7/h9-12,14H,8,13H2,1-7H3. The number of ketones is 1. The Morgan fingerprint density at radius 2 is 1.62 bits per heavy atom. The molecule has 0 saturated carbocycles. The van der Waals surface area contributed by atoms with Crippen molar-refractivity contribution in [2.45, 2.75) is 65.9 Å². The zero-order valence-electron chi connectivity index (χ0n) is 16.8. The van der Waals surface area contributed by atoms with Crippen molar-refractivity contribution < 1.29 is 23.9 Å². The maximum atomic E-state index is 12.8. The van der Waals surface area contributed by atoms with Crippen molar-refractivity contribution in [2.24, 2.45) is 5.41 Å². The predicted molar refractivity (Wildman–Crippen MR) is 99.8 cm³/mol. The first-order chi connectivity index (χ1) is 12.0. The van der Waals surface area contributed by atoms with Crippen LogP contribution in [0.2, 0.25) is 0 Å². The number of esters is 2. The van der Waals surface area contributed by atoms with E-state index in [0.29, 0.717) is 6.42 Å². The smallest absolute Gasteiger partial charge is 0.320 e. The van der Waals surface area contributed by atoms with Crippen LogP contribution in [0.1, 0.15) is 65.0 Å². The molecule has 0 heterocycles. The van der Waals surface area contributed by atoms with Gasteiger partial charge in [0.2, 0.25) is 0 Å². The second-order valence-corrected chi connectivity index (χ2v) is 7.66. The van der Waals surface area contributed by atoms with Gasteiger partial charge < -0.3 is 9.47 Å². The number of benzene rings is 1. The van der Waals surface area contributed by atoms with Crippen molar-refractivity contribution in [1.29, 1.82) is 0 Å². The highest BCUT2D eigenvalue weighted by Gasteiger charge is 2.44. The molecule has 2 unspecified atom stereocenters. The van der Waals surface area contributed by atoms with Crippen LogP contribution in [-0.2, 0) is 30.3 Å². The lowest BCUT2D eigenvalue weighted by Crippen LogP contribution is -2.44. The lowest BCUT2D eigenvalue weighted by molar-refractivity contribution is -0.170. The fourth-order valence-corrected chi connectivity index (χ4v) is 2.82. The van der Waals surface area contributed by atoms with Crippen molar-refractivity contribution in [2.75, 3.05) is 7.11 Å². The number of carbonyl (C=O) groups excluding carboxylic acids is 3. The Morgan fingerprint density at radius 1 is 1.08 bits per heavy atom. The summed E-state index contributed by atoms with van der Waals surface area (Å²) < 4.78 is 10.3. The van der Waals surface area contributed by atoms with Crippen molar-refractivity contribution in [3.8, 4) is 0 Å². The predicted octanol–water partition coefficient (Wildman–Crippen LogP) is 3.83. The van der Waals surface area contributed by atoms with Crippen LogP contribution in [0.3, 0.4) is 0 Å². The minimum atomic E-state index is -1.21. The molecule has 0 aliphatic rings. The zero-order chi connectivity index (χ0) is 20.1. The first kappa shape index (κ1) is 21.9. The number of ether oxygens (including phenoxy) is 2. The second kappa shape index (κ2) is 8.47. The molecule has 1 aromatic carbocycles. The summed E-state index contributed by atoms with van der Waals surface area (Å²) in [4.78, 5) is 36.8. The molecule has 0 bridgehead atoms. The molecule has 0 aliphatic heterocycles. The van der Waals surface area contributed by atoms with Crippen LogP contribution in [0, 0.1) is 5.41 Å². The average molecular weight is 362 g/mol. The van der Waals surface area contributed by atoms with Crippen LogP contribution in [0.25, 0.3) is 0 Å². The van der Waals surface area contributed by atoms with E-state index >= 15 is 0 Å². The van der Waals surface area contributed by atoms with Gasteiger partial charge in [-0.15, -0.1) is 0 Å². The highest BCUT2D eigenvalue weighted by Crippen LogP contribution is 2.32. The summed E-state index contributed by atoms with van der Waals surface area (Å²) in [6.45, 7) is 10.4. The van der Waals surface area contributed by atoms with Gasteiger partial charge in [0.05, 0.1) is 13.0 Å². The van der Waals surface area contributed by atoms with Crippen molar-refractivity contribution in [1.82, 2.24) is 0 Å². The number of methoxy groups -OCH3 is 1. The largest absolute Gasteiger partial charge is 0.469 e. The molecule has 0 N–H and O–H groups in total. The summed E-state index contributed by atoms with van der Waals surface area (Å²) in [7, 11) is 1.36. The van der Waals surface area contributed by atoms with Crippen molar-refractivity contribution in [3.63, 3.8) is 0 Å². The van der Waals surface area contributed by atoms with Gasteiger partial charge in [-0.25, -0.2) is 0 Å². The third kappa shape index (κ3) is 5.16. The van der Waals surface area contributed by atoms with E-state index in [1.807, 2.05) is 31.2 Å². The fourth-order valence-electron chi connectivity index (χ4n) is 2.82. The van der Waals surface area contributed by atoms with E-state index in [1.165, 1.54) is 14.0 Å². The Hall–Kier alpha value is -2.17. The van der Waals surface area contributed by atoms with Crippen LogP contribution in [0.4, 0.5) is 0 Å². The molecule has 0 fully saturated rings. The van der Waals surface area contributed by atoms with Gasteiger partial charge in [0, 0.05) is 0 Å². The molecule has 0 amide bonds. The van der Waals surface area contributed by atoms with Crippen LogP contribution in [0.15, 0.2) is 24.3 Å². The van der Waals surface area contributed by atoms with E-state index in [1.54, 1.807) is 27.7 Å². The Balaban J connectivity index is 3.11. The topological polar surface area (TPSA) is 69.7 Å². The Kier molecular flexibility index (Phi) is 7.13. The normalized spacial score (nSPS) is 14.9. The van der Waals surface area contributed by atoms with Gasteiger partial charge in [-0.3, -0.25) is 14.4 Å². The maximum Gasteiger partial charge on any atom is 0.320 e. The van der Waals surface area contributed by atoms with E-state index < -0.39 is 17.0 Å². The molecule has 0 radical (unpaired) electrons. The van der Waals surface area contributed by atoms with Gasteiger partial charge in [-0.1, -0.05) is 31.2 Å². The van der Waals surface area contributed by atoms with Gasteiger partial charge in [0.1, 0.15) is 16.8 Å². The molecule has 5 nitrogen and oxygen atoms in total. The van der Waals surface area contributed by atoms with Gasteiger partial charge in [0.25, 0.3) is 0 Å². The molecular weight excluding hydrogens is 332 g/mol. The summed E-state index contributed by atoms with van der Waals surface area (Å²) in [6, 6.07) is 7.33. The molecule has 2 atom stereocenters. The molecular formula is C21H30O5. The third-order valence-corrected chi connectivity index (χ3v) is 4.61. The fraction of sp³-hybridized carbons (Fsp3) is 0.571. The molecule has 0 spiro atoms.